The van der Waals surface area contributed by atoms with Crippen LogP contribution in [0.5, 0.6) is 0 Å². The van der Waals surface area contributed by atoms with Gasteiger partial charge in [-0.05, 0) is 13.3 Å². The van der Waals surface area contributed by atoms with Crippen molar-refractivity contribution in [3.63, 3.8) is 0 Å². The number of hydrogen-bond acceptors (Lipinski definition) is 2. The third-order valence-corrected chi connectivity index (χ3v) is 3.96. The maximum atomic E-state index is 11.8. The summed E-state index contributed by atoms with van der Waals surface area (Å²) in [5.74, 6) is 0.159. The van der Waals surface area contributed by atoms with Crippen LogP contribution >= 0.6 is 0 Å². The zero-order chi connectivity index (χ0) is 15.9. The Morgan fingerprint density at radius 1 is 0.905 bits per heavy atom. The number of likely N-dealkylation sites (N-methyl/N-ethyl adjacent to an activating group) is 1. The molecule has 0 aromatic carbocycles. The molecule has 1 amide bonds. The fraction of sp³-hybridized carbons (Fsp3) is 0.944. The third kappa shape index (κ3) is 14.1. The minimum Gasteiger partial charge on any atom is -0.392 e. The molecule has 3 nitrogen and oxygen atoms in total. The Morgan fingerprint density at radius 3 is 1.76 bits per heavy atom. The van der Waals surface area contributed by atoms with E-state index in [1.54, 1.807) is 18.9 Å². The van der Waals surface area contributed by atoms with Gasteiger partial charge < -0.3 is 10.0 Å². The molecule has 1 N–H and O–H groups in total. The molecule has 0 heterocycles. The molecule has 0 aromatic rings. The number of nitrogens with zero attached hydrogens (tertiary/aromatic N) is 1. The first kappa shape index (κ1) is 20.4. The molecule has 0 aliphatic rings. The van der Waals surface area contributed by atoms with Gasteiger partial charge in [0.1, 0.15) is 0 Å². The highest BCUT2D eigenvalue weighted by Gasteiger charge is 2.09. The van der Waals surface area contributed by atoms with Gasteiger partial charge in [0.25, 0.3) is 0 Å². The van der Waals surface area contributed by atoms with Crippen LogP contribution in [-0.4, -0.2) is 35.6 Å². The quantitative estimate of drug-likeness (QED) is 0.479. The van der Waals surface area contributed by atoms with Crippen molar-refractivity contribution in [1.82, 2.24) is 4.90 Å². The second-order valence-corrected chi connectivity index (χ2v) is 6.41. The summed E-state index contributed by atoms with van der Waals surface area (Å²) in [5, 5.41) is 9.24. The van der Waals surface area contributed by atoms with Crippen LogP contribution < -0.4 is 0 Å². The third-order valence-electron chi connectivity index (χ3n) is 3.96. The summed E-state index contributed by atoms with van der Waals surface area (Å²) >= 11 is 0. The number of amides is 1. The van der Waals surface area contributed by atoms with E-state index in [0.717, 1.165) is 12.8 Å². The Morgan fingerprint density at radius 2 is 1.33 bits per heavy atom. The summed E-state index contributed by atoms with van der Waals surface area (Å²) in [7, 11) is 1.77. The zero-order valence-electron chi connectivity index (χ0n) is 14.6. The van der Waals surface area contributed by atoms with Gasteiger partial charge in [0.05, 0.1) is 6.10 Å². The molecule has 0 spiro atoms. The van der Waals surface area contributed by atoms with Gasteiger partial charge in [0.15, 0.2) is 0 Å². The Labute approximate surface area is 132 Å². The molecular weight excluding hydrogens is 262 g/mol. The van der Waals surface area contributed by atoms with Crippen molar-refractivity contribution in [3.05, 3.63) is 0 Å². The number of aliphatic hydroxyl groups is 1. The maximum Gasteiger partial charge on any atom is 0.222 e. The van der Waals surface area contributed by atoms with Gasteiger partial charge in [-0.15, -0.1) is 0 Å². The minimum atomic E-state index is -0.434. The van der Waals surface area contributed by atoms with Gasteiger partial charge in [0.2, 0.25) is 5.91 Å². The standard InChI is InChI=1S/C18H37NO2/c1-4-5-6-7-8-9-10-11-12-13-14-15-18(21)19(3)16-17(2)20/h17,20H,4-16H2,1-3H3. The molecule has 0 aliphatic heterocycles. The first-order valence-electron chi connectivity index (χ1n) is 9.00. The van der Waals surface area contributed by atoms with E-state index in [-0.39, 0.29) is 5.91 Å². The Bertz CT molecular complexity index is 241. The molecule has 0 saturated carbocycles. The van der Waals surface area contributed by atoms with Crippen LogP contribution in [0.15, 0.2) is 0 Å². The van der Waals surface area contributed by atoms with E-state index in [0.29, 0.717) is 13.0 Å². The molecule has 0 fully saturated rings. The zero-order valence-corrected chi connectivity index (χ0v) is 14.6. The molecule has 21 heavy (non-hydrogen) atoms. The van der Waals surface area contributed by atoms with E-state index < -0.39 is 6.10 Å². The monoisotopic (exact) mass is 299 g/mol. The number of unbranched alkanes of at least 4 members (excludes halogenated alkanes) is 10. The highest BCUT2D eigenvalue weighted by Crippen LogP contribution is 2.12. The van der Waals surface area contributed by atoms with Gasteiger partial charge in [-0.3, -0.25) is 4.79 Å². The highest BCUT2D eigenvalue weighted by atomic mass is 16.3. The Hall–Kier alpha value is -0.570. The lowest BCUT2D eigenvalue weighted by molar-refractivity contribution is -0.131. The molecule has 1 unspecified atom stereocenters. The van der Waals surface area contributed by atoms with Crippen molar-refractivity contribution >= 4 is 5.91 Å². The number of rotatable bonds is 14. The summed E-state index contributed by atoms with van der Waals surface area (Å²) in [6, 6.07) is 0. The number of carbonyl (C=O) groups is 1. The van der Waals surface area contributed by atoms with Gasteiger partial charge in [0, 0.05) is 20.0 Å². The predicted octanol–water partition coefficient (Wildman–Crippen LogP) is 4.53. The molecule has 0 aromatic heterocycles. The van der Waals surface area contributed by atoms with Gasteiger partial charge in [-0.1, -0.05) is 71.1 Å². The normalized spacial score (nSPS) is 12.4. The first-order chi connectivity index (χ1) is 10.1. The average Bonchev–Trinajstić information content (AvgIpc) is 2.43. The van der Waals surface area contributed by atoms with Crippen LogP contribution in [0.3, 0.4) is 0 Å². The number of hydrogen-bond donors (Lipinski definition) is 1. The largest absolute Gasteiger partial charge is 0.392 e. The van der Waals surface area contributed by atoms with Crippen molar-refractivity contribution in [2.75, 3.05) is 13.6 Å². The van der Waals surface area contributed by atoms with Crippen LogP contribution in [0.25, 0.3) is 0 Å². The Balaban J connectivity index is 3.26. The van der Waals surface area contributed by atoms with E-state index in [2.05, 4.69) is 6.92 Å². The van der Waals surface area contributed by atoms with E-state index in [9.17, 15) is 9.90 Å². The van der Waals surface area contributed by atoms with Crippen molar-refractivity contribution < 1.29 is 9.90 Å². The molecule has 126 valence electrons. The minimum absolute atomic E-state index is 0.159. The lowest BCUT2D eigenvalue weighted by Crippen LogP contribution is -2.32. The fourth-order valence-corrected chi connectivity index (χ4v) is 2.63. The lowest BCUT2D eigenvalue weighted by atomic mass is 10.1. The van der Waals surface area contributed by atoms with Gasteiger partial charge >= 0.3 is 0 Å². The summed E-state index contributed by atoms with van der Waals surface area (Å²) < 4.78 is 0. The molecule has 0 radical (unpaired) electrons. The molecular formula is C18H37NO2. The maximum absolute atomic E-state index is 11.8. The van der Waals surface area contributed by atoms with Crippen LogP contribution in [0, 0.1) is 0 Å². The lowest BCUT2D eigenvalue weighted by Gasteiger charge is -2.18. The fourth-order valence-electron chi connectivity index (χ4n) is 2.63. The smallest absolute Gasteiger partial charge is 0.222 e. The molecule has 0 aliphatic carbocycles. The van der Waals surface area contributed by atoms with Crippen molar-refractivity contribution in [1.29, 1.82) is 0 Å². The number of aliphatic hydroxyl groups excluding tert-OH is 1. The number of carbonyl (C=O) groups excluding carboxylic acids is 1. The van der Waals surface area contributed by atoms with Crippen LogP contribution in [0.1, 0.15) is 90.9 Å². The molecule has 0 saturated heterocycles. The second kappa shape index (κ2) is 14.4. The Kier molecular flexibility index (Phi) is 14.0. The first-order valence-corrected chi connectivity index (χ1v) is 9.00. The van der Waals surface area contributed by atoms with Gasteiger partial charge in [-0.2, -0.15) is 0 Å². The molecule has 0 rings (SSSR count). The molecule has 0 bridgehead atoms. The van der Waals surface area contributed by atoms with Crippen molar-refractivity contribution in [2.24, 2.45) is 0 Å². The summed E-state index contributed by atoms with van der Waals surface area (Å²) in [6.45, 7) is 4.41. The van der Waals surface area contributed by atoms with Crippen LogP contribution in [0.4, 0.5) is 0 Å². The van der Waals surface area contributed by atoms with Crippen molar-refractivity contribution in [2.45, 2.75) is 97.0 Å². The van der Waals surface area contributed by atoms with E-state index in [1.807, 2.05) is 0 Å². The summed E-state index contributed by atoms with van der Waals surface area (Å²) in [6.07, 6.45) is 14.5. The van der Waals surface area contributed by atoms with E-state index in [1.165, 1.54) is 57.8 Å². The summed E-state index contributed by atoms with van der Waals surface area (Å²) in [4.78, 5) is 13.4. The molecule has 3 heteroatoms. The van der Waals surface area contributed by atoms with Crippen molar-refractivity contribution in [3.8, 4) is 0 Å². The summed E-state index contributed by atoms with van der Waals surface area (Å²) in [5.41, 5.74) is 0. The van der Waals surface area contributed by atoms with E-state index >= 15 is 0 Å². The van der Waals surface area contributed by atoms with E-state index in [4.69, 9.17) is 0 Å². The topological polar surface area (TPSA) is 40.5 Å². The molecule has 1 atom stereocenters. The average molecular weight is 299 g/mol. The SMILES string of the molecule is CCCCCCCCCCCCCC(=O)N(C)CC(C)O. The van der Waals surface area contributed by atoms with Crippen LogP contribution in [0.2, 0.25) is 0 Å². The predicted molar refractivity (Wildman–Crippen MR) is 90.4 cm³/mol. The highest BCUT2D eigenvalue weighted by molar-refractivity contribution is 5.75. The van der Waals surface area contributed by atoms with Crippen LogP contribution in [-0.2, 0) is 4.79 Å². The second-order valence-electron chi connectivity index (χ2n) is 6.41. The van der Waals surface area contributed by atoms with Gasteiger partial charge in [-0.25, -0.2) is 0 Å².